The summed E-state index contributed by atoms with van der Waals surface area (Å²) in [5.74, 6) is 1.31. The normalized spacial score (nSPS) is 21.2. The molecule has 2 amide bonds. The van der Waals surface area contributed by atoms with Crippen LogP contribution in [-0.2, 0) is 9.59 Å². The number of benzene rings is 1. The summed E-state index contributed by atoms with van der Waals surface area (Å²) in [6, 6.07) is 7.64. The number of rotatable bonds is 5. The number of likely N-dealkylation sites (tertiary alicyclic amines) is 2. The molecule has 1 atom stereocenters. The summed E-state index contributed by atoms with van der Waals surface area (Å²) in [6.45, 7) is 5.60. The molecule has 6 nitrogen and oxygen atoms in total. The zero-order valence-electron chi connectivity index (χ0n) is 14.4. The van der Waals surface area contributed by atoms with Gasteiger partial charge >= 0.3 is 0 Å². The number of methoxy groups -OCH3 is 1. The second-order valence-corrected chi connectivity index (χ2v) is 6.67. The molecule has 0 aliphatic carbocycles. The van der Waals surface area contributed by atoms with Gasteiger partial charge in [0.15, 0.2) is 11.5 Å². The maximum atomic E-state index is 12.5. The first-order valence-electron chi connectivity index (χ1n) is 8.37. The second-order valence-electron chi connectivity index (χ2n) is 6.67. The molecular formula is C18H24N2O4. The highest BCUT2D eigenvalue weighted by molar-refractivity contribution is 5.89. The first-order valence-corrected chi connectivity index (χ1v) is 8.37. The number of carbonyl (C=O) groups is 2. The van der Waals surface area contributed by atoms with Crippen molar-refractivity contribution in [2.75, 3.05) is 26.7 Å². The number of nitrogens with zero attached hydrogens (tertiary/aromatic N) is 2. The van der Waals surface area contributed by atoms with Crippen LogP contribution in [0.5, 0.6) is 11.5 Å². The lowest BCUT2D eigenvalue weighted by Gasteiger charge is -2.40. The molecular weight excluding hydrogens is 308 g/mol. The Morgan fingerprint density at radius 1 is 1.17 bits per heavy atom. The number of hydrogen-bond donors (Lipinski definition) is 0. The number of hydrogen-bond acceptors (Lipinski definition) is 4. The molecule has 2 fully saturated rings. The lowest BCUT2D eigenvalue weighted by molar-refractivity contribution is -0.144. The van der Waals surface area contributed by atoms with E-state index in [-0.39, 0.29) is 29.9 Å². The maximum Gasteiger partial charge on any atom is 0.228 e. The van der Waals surface area contributed by atoms with E-state index in [2.05, 4.69) is 0 Å². The summed E-state index contributed by atoms with van der Waals surface area (Å²) in [6.07, 6.45) is 0.300. The largest absolute Gasteiger partial charge is 0.493 e. The van der Waals surface area contributed by atoms with Crippen molar-refractivity contribution < 1.29 is 19.1 Å². The van der Waals surface area contributed by atoms with Gasteiger partial charge in [-0.1, -0.05) is 12.1 Å². The molecule has 0 aromatic heterocycles. The number of amides is 2. The molecule has 0 saturated carbocycles. The van der Waals surface area contributed by atoms with E-state index in [9.17, 15) is 9.59 Å². The molecule has 1 aromatic carbocycles. The average molecular weight is 332 g/mol. The van der Waals surface area contributed by atoms with Crippen LogP contribution in [0.3, 0.4) is 0 Å². The summed E-state index contributed by atoms with van der Waals surface area (Å²) in [4.78, 5) is 28.0. The molecule has 2 heterocycles. The molecule has 2 aliphatic rings. The van der Waals surface area contributed by atoms with E-state index >= 15 is 0 Å². The summed E-state index contributed by atoms with van der Waals surface area (Å²) in [5, 5.41) is 0. The summed E-state index contributed by atoms with van der Waals surface area (Å²) in [7, 11) is 1.61. The number of ether oxygens (including phenoxy) is 2. The van der Waals surface area contributed by atoms with E-state index in [0.717, 1.165) is 0 Å². The van der Waals surface area contributed by atoms with Crippen molar-refractivity contribution in [2.45, 2.75) is 32.4 Å². The van der Waals surface area contributed by atoms with Gasteiger partial charge in [-0.3, -0.25) is 9.59 Å². The summed E-state index contributed by atoms with van der Waals surface area (Å²) >= 11 is 0. The SMILES string of the molecule is COc1ccccc1OC1CN(C(=O)C2CC(=O)N(C(C)C)C2)C1. The molecule has 24 heavy (non-hydrogen) atoms. The van der Waals surface area contributed by atoms with Crippen LogP contribution in [-0.4, -0.2) is 60.5 Å². The van der Waals surface area contributed by atoms with E-state index in [1.165, 1.54) is 0 Å². The standard InChI is InChI=1S/C18H24N2O4/c1-12(2)20-9-13(8-17(20)21)18(22)19-10-14(11-19)24-16-7-5-4-6-15(16)23-3/h4-7,12-14H,8-11H2,1-3H3. The van der Waals surface area contributed by atoms with Crippen molar-refractivity contribution in [3.8, 4) is 11.5 Å². The Labute approximate surface area is 142 Å². The van der Waals surface area contributed by atoms with Gasteiger partial charge < -0.3 is 19.3 Å². The zero-order chi connectivity index (χ0) is 17.3. The average Bonchev–Trinajstić information content (AvgIpc) is 2.92. The van der Waals surface area contributed by atoms with Crippen LogP contribution in [0.1, 0.15) is 20.3 Å². The third kappa shape index (κ3) is 3.18. The first kappa shape index (κ1) is 16.6. The fourth-order valence-corrected chi connectivity index (χ4v) is 3.24. The number of carbonyl (C=O) groups excluding carboxylic acids is 2. The minimum absolute atomic E-state index is 0.0245. The molecule has 2 saturated heterocycles. The Hall–Kier alpha value is -2.24. The van der Waals surface area contributed by atoms with Gasteiger partial charge in [-0.2, -0.15) is 0 Å². The monoisotopic (exact) mass is 332 g/mol. The molecule has 3 rings (SSSR count). The Morgan fingerprint density at radius 3 is 2.42 bits per heavy atom. The highest BCUT2D eigenvalue weighted by atomic mass is 16.5. The zero-order valence-corrected chi connectivity index (χ0v) is 14.4. The van der Waals surface area contributed by atoms with Crippen molar-refractivity contribution in [2.24, 2.45) is 5.92 Å². The fraction of sp³-hybridized carbons (Fsp3) is 0.556. The van der Waals surface area contributed by atoms with Crippen LogP contribution < -0.4 is 9.47 Å². The lowest BCUT2D eigenvalue weighted by Crippen LogP contribution is -2.57. The smallest absolute Gasteiger partial charge is 0.228 e. The Morgan fingerprint density at radius 2 is 1.83 bits per heavy atom. The summed E-state index contributed by atoms with van der Waals surface area (Å²) in [5.41, 5.74) is 0. The Bertz CT molecular complexity index is 625. The van der Waals surface area contributed by atoms with Crippen LogP contribution in [0, 0.1) is 5.92 Å². The molecule has 130 valence electrons. The van der Waals surface area contributed by atoms with Crippen molar-refractivity contribution in [1.29, 1.82) is 0 Å². The van der Waals surface area contributed by atoms with E-state index < -0.39 is 0 Å². The molecule has 6 heteroatoms. The molecule has 1 aromatic rings. The highest BCUT2D eigenvalue weighted by Gasteiger charge is 2.41. The molecule has 0 N–H and O–H groups in total. The van der Waals surface area contributed by atoms with Crippen LogP contribution in [0.2, 0.25) is 0 Å². The van der Waals surface area contributed by atoms with Crippen LogP contribution >= 0.6 is 0 Å². The van der Waals surface area contributed by atoms with Crippen molar-refractivity contribution >= 4 is 11.8 Å². The minimum Gasteiger partial charge on any atom is -0.493 e. The van der Waals surface area contributed by atoms with Gasteiger partial charge in [-0.25, -0.2) is 0 Å². The predicted molar refractivity (Wildman–Crippen MR) is 88.9 cm³/mol. The van der Waals surface area contributed by atoms with Crippen molar-refractivity contribution in [1.82, 2.24) is 9.80 Å². The molecule has 0 radical (unpaired) electrons. The third-order valence-corrected chi connectivity index (χ3v) is 4.65. The quantitative estimate of drug-likeness (QED) is 0.821. The van der Waals surface area contributed by atoms with E-state index in [0.29, 0.717) is 37.6 Å². The lowest BCUT2D eigenvalue weighted by atomic mass is 10.0. The van der Waals surface area contributed by atoms with E-state index in [4.69, 9.17) is 9.47 Å². The topological polar surface area (TPSA) is 59.1 Å². The van der Waals surface area contributed by atoms with Crippen molar-refractivity contribution in [3.63, 3.8) is 0 Å². The minimum atomic E-state index is -0.216. The third-order valence-electron chi connectivity index (χ3n) is 4.65. The predicted octanol–water partition coefficient (Wildman–Crippen LogP) is 1.54. The summed E-state index contributed by atoms with van der Waals surface area (Å²) < 4.78 is 11.2. The van der Waals surface area contributed by atoms with Gasteiger partial charge in [-0.05, 0) is 26.0 Å². The molecule has 0 spiro atoms. The van der Waals surface area contributed by atoms with Crippen LogP contribution in [0.15, 0.2) is 24.3 Å². The molecule has 1 unspecified atom stereocenters. The second kappa shape index (κ2) is 6.71. The highest BCUT2D eigenvalue weighted by Crippen LogP contribution is 2.30. The van der Waals surface area contributed by atoms with Crippen LogP contribution in [0.4, 0.5) is 0 Å². The van der Waals surface area contributed by atoms with Gasteiger partial charge in [0.25, 0.3) is 0 Å². The first-order chi connectivity index (χ1) is 11.5. The van der Waals surface area contributed by atoms with Crippen molar-refractivity contribution in [3.05, 3.63) is 24.3 Å². The van der Waals surface area contributed by atoms with E-state index in [1.54, 1.807) is 16.9 Å². The molecule has 0 bridgehead atoms. The Kier molecular flexibility index (Phi) is 4.64. The Balaban J connectivity index is 1.52. The van der Waals surface area contributed by atoms with Gasteiger partial charge in [0.1, 0.15) is 6.10 Å². The fourth-order valence-electron chi connectivity index (χ4n) is 3.24. The van der Waals surface area contributed by atoms with Gasteiger partial charge in [0.2, 0.25) is 11.8 Å². The van der Waals surface area contributed by atoms with Gasteiger partial charge in [0.05, 0.1) is 26.1 Å². The maximum absolute atomic E-state index is 12.5. The van der Waals surface area contributed by atoms with Gasteiger partial charge in [-0.15, -0.1) is 0 Å². The molecule has 2 aliphatic heterocycles. The number of para-hydroxylation sites is 2. The van der Waals surface area contributed by atoms with E-state index in [1.807, 2.05) is 38.1 Å². The van der Waals surface area contributed by atoms with Crippen LogP contribution in [0.25, 0.3) is 0 Å². The van der Waals surface area contributed by atoms with Gasteiger partial charge in [0, 0.05) is 19.0 Å².